The number of sulfonamides is 1. The minimum atomic E-state index is -3.41. The Hall–Kier alpha value is -0.660. The zero-order valence-corrected chi connectivity index (χ0v) is 8.26. The molecule has 0 radical (unpaired) electrons. The molecule has 7 heteroatoms. The maximum Gasteiger partial charge on any atom is 0.306 e. The van der Waals surface area contributed by atoms with Gasteiger partial charge in [-0.05, 0) is 0 Å². The smallest absolute Gasteiger partial charge is 0.306 e. The van der Waals surface area contributed by atoms with Gasteiger partial charge in [0.1, 0.15) is 0 Å². The van der Waals surface area contributed by atoms with E-state index in [0.717, 1.165) is 0 Å². The third kappa shape index (κ3) is 9.25. The zero-order chi connectivity index (χ0) is 10.3. The zero-order valence-electron chi connectivity index (χ0n) is 7.45. The van der Waals surface area contributed by atoms with Gasteiger partial charge in [0, 0.05) is 13.1 Å². The predicted octanol–water partition coefficient (Wildman–Crippen LogP) is -1.57. The van der Waals surface area contributed by atoms with Gasteiger partial charge in [-0.1, -0.05) is 0 Å². The number of carbonyl (C=O) groups is 1. The van der Waals surface area contributed by atoms with Crippen LogP contribution in [0.5, 0.6) is 0 Å². The normalized spacial score (nSPS) is 11.2. The first-order valence-electron chi connectivity index (χ1n) is 3.73. The Labute approximate surface area is 77.5 Å². The summed E-state index contributed by atoms with van der Waals surface area (Å²) in [7, 11) is -2.11. The van der Waals surface area contributed by atoms with Gasteiger partial charge < -0.3 is 10.1 Å². The molecule has 0 aliphatic carbocycles. The van der Waals surface area contributed by atoms with Crippen LogP contribution in [0.4, 0.5) is 0 Å². The van der Waals surface area contributed by atoms with Crippen LogP contribution in [-0.4, -0.2) is 40.3 Å². The summed E-state index contributed by atoms with van der Waals surface area (Å²) in [4.78, 5) is 10.6. The third-order valence-electron chi connectivity index (χ3n) is 1.30. The van der Waals surface area contributed by atoms with E-state index < -0.39 is 10.0 Å². The minimum Gasteiger partial charge on any atom is -0.469 e. The highest BCUT2D eigenvalue weighted by Crippen LogP contribution is 1.81. The Balaban J connectivity index is 3.33. The first-order valence-corrected chi connectivity index (χ1v) is 5.45. The lowest BCUT2D eigenvalue weighted by atomic mass is 10.4. The number of rotatable bonds is 6. The van der Waals surface area contributed by atoms with Crippen LogP contribution >= 0.6 is 0 Å². The summed E-state index contributed by atoms with van der Waals surface area (Å²) in [5.41, 5.74) is 0. The number of nitrogens with two attached hydrogens (primary N) is 1. The molecular formula is C6H14N2O4S. The van der Waals surface area contributed by atoms with Crippen LogP contribution in [0.1, 0.15) is 6.42 Å². The first-order chi connectivity index (χ1) is 5.95. The van der Waals surface area contributed by atoms with Crippen molar-refractivity contribution in [1.82, 2.24) is 5.32 Å². The average molecular weight is 210 g/mol. The number of carbonyl (C=O) groups excluding carboxylic acids is 1. The molecule has 0 saturated carbocycles. The van der Waals surface area contributed by atoms with E-state index in [1.165, 1.54) is 7.11 Å². The fourth-order valence-electron chi connectivity index (χ4n) is 0.632. The quantitative estimate of drug-likeness (QED) is 0.407. The molecule has 0 rings (SSSR count). The number of esters is 1. The molecule has 0 atom stereocenters. The summed E-state index contributed by atoms with van der Waals surface area (Å²) in [5, 5.41) is 7.49. The molecule has 0 aliphatic heterocycles. The van der Waals surface area contributed by atoms with Gasteiger partial charge in [-0.2, -0.15) is 0 Å². The number of hydrogen-bond acceptors (Lipinski definition) is 5. The van der Waals surface area contributed by atoms with Gasteiger partial charge in [-0.15, -0.1) is 0 Å². The van der Waals surface area contributed by atoms with Crippen molar-refractivity contribution in [2.75, 3.05) is 26.0 Å². The molecule has 6 nitrogen and oxygen atoms in total. The summed E-state index contributed by atoms with van der Waals surface area (Å²) in [6.07, 6.45) is 0.223. The molecule has 0 amide bonds. The largest absolute Gasteiger partial charge is 0.469 e. The van der Waals surface area contributed by atoms with Crippen LogP contribution < -0.4 is 10.5 Å². The SMILES string of the molecule is COC(=O)CCNCCS(N)(=O)=O. The van der Waals surface area contributed by atoms with Crippen LogP contribution in [0, 0.1) is 0 Å². The molecule has 13 heavy (non-hydrogen) atoms. The molecule has 0 saturated heterocycles. The Morgan fingerprint density at radius 3 is 2.54 bits per heavy atom. The van der Waals surface area contributed by atoms with Crippen molar-refractivity contribution in [2.45, 2.75) is 6.42 Å². The van der Waals surface area contributed by atoms with Crippen molar-refractivity contribution in [3.05, 3.63) is 0 Å². The monoisotopic (exact) mass is 210 g/mol. The van der Waals surface area contributed by atoms with E-state index in [4.69, 9.17) is 5.14 Å². The predicted molar refractivity (Wildman–Crippen MR) is 47.5 cm³/mol. The highest BCUT2D eigenvalue weighted by Gasteiger charge is 2.02. The van der Waals surface area contributed by atoms with Crippen LogP contribution in [0.2, 0.25) is 0 Å². The summed E-state index contributed by atoms with van der Waals surface area (Å²) in [6.45, 7) is 0.637. The summed E-state index contributed by atoms with van der Waals surface area (Å²) < 4.78 is 25.2. The molecule has 3 N–H and O–H groups in total. The van der Waals surface area contributed by atoms with Gasteiger partial charge in [-0.3, -0.25) is 4.79 Å². The van der Waals surface area contributed by atoms with Gasteiger partial charge in [0.2, 0.25) is 10.0 Å². The first kappa shape index (κ1) is 12.3. The third-order valence-corrected chi connectivity index (χ3v) is 2.07. The summed E-state index contributed by atoms with van der Waals surface area (Å²) >= 11 is 0. The highest BCUT2D eigenvalue weighted by atomic mass is 32.2. The lowest BCUT2D eigenvalue weighted by Crippen LogP contribution is -2.28. The van der Waals surface area contributed by atoms with E-state index in [2.05, 4.69) is 10.1 Å². The van der Waals surface area contributed by atoms with Gasteiger partial charge in [0.25, 0.3) is 0 Å². The number of primary sulfonamides is 1. The fraction of sp³-hybridized carbons (Fsp3) is 0.833. The van der Waals surface area contributed by atoms with Crippen molar-refractivity contribution in [1.29, 1.82) is 0 Å². The molecule has 0 bridgehead atoms. The molecule has 0 aromatic rings. The van der Waals surface area contributed by atoms with Gasteiger partial charge in [-0.25, -0.2) is 13.6 Å². The molecule has 0 spiro atoms. The van der Waals surface area contributed by atoms with Gasteiger partial charge in [0.15, 0.2) is 0 Å². The van der Waals surface area contributed by atoms with E-state index >= 15 is 0 Å². The molecule has 0 aromatic carbocycles. The Bertz CT molecular complexity index is 249. The lowest BCUT2D eigenvalue weighted by molar-refractivity contribution is -0.140. The maximum absolute atomic E-state index is 10.6. The molecule has 0 unspecified atom stereocenters. The van der Waals surface area contributed by atoms with Crippen LogP contribution in [0.25, 0.3) is 0 Å². The van der Waals surface area contributed by atoms with E-state index in [9.17, 15) is 13.2 Å². The Morgan fingerprint density at radius 1 is 1.46 bits per heavy atom. The van der Waals surface area contributed by atoms with Crippen molar-refractivity contribution < 1.29 is 17.9 Å². The summed E-state index contributed by atoms with van der Waals surface area (Å²) in [5.74, 6) is -0.461. The van der Waals surface area contributed by atoms with Crippen LogP contribution in [0.15, 0.2) is 0 Å². The van der Waals surface area contributed by atoms with Gasteiger partial charge >= 0.3 is 5.97 Å². The Morgan fingerprint density at radius 2 is 2.08 bits per heavy atom. The van der Waals surface area contributed by atoms with Crippen LogP contribution in [-0.2, 0) is 19.6 Å². The standard InChI is InChI=1S/C6H14N2O4S/c1-12-6(9)2-3-8-4-5-13(7,10)11/h8H,2-5H2,1H3,(H2,7,10,11). The second-order valence-electron chi connectivity index (χ2n) is 2.44. The maximum atomic E-state index is 10.6. The number of methoxy groups -OCH3 is 1. The number of nitrogens with one attached hydrogen (secondary N) is 1. The number of ether oxygens (including phenoxy) is 1. The van der Waals surface area contributed by atoms with E-state index in [1.807, 2.05) is 0 Å². The summed E-state index contributed by atoms with van der Waals surface area (Å²) in [6, 6.07) is 0. The molecule has 0 aromatic heterocycles. The Kier molecular flexibility index (Phi) is 5.60. The van der Waals surface area contributed by atoms with E-state index in [-0.39, 0.29) is 24.7 Å². The van der Waals surface area contributed by atoms with Crippen molar-refractivity contribution in [3.8, 4) is 0 Å². The van der Waals surface area contributed by atoms with Gasteiger partial charge in [0.05, 0.1) is 19.3 Å². The molecular weight excluding hydrogens is 196 g/mol. The molecule has 78 valence electrons. The second-order valence-corrected chi connectivity index (χ2v) is 4.18. The van der Waals surface area contributed by atoms with E-state index in [0.29, 0.717) is 6.54 Å². The average Bonchev–Trinajstić information content (AvgIpc) is 2.01. The van der Waals surface area contributed by atoms with Crippen molar-refractivity contribution in [2.24, 2.45) is 5.14 Å². The minimum absolute atomic E-state index is 0.131. The van der Waals surface area contributed by atoms with Crippen molar-refractivity contribution in [3.63, 3.8) is 0 Å². The number of hydrogen-bond donors (Lipinski definition) is 2. The van der Waals surface area contributed by atoms with Crippen molar-refractivity contribution >= 4 is 16.0 Å². The van der Waals surface area contributed by atoms with E-state index in [1.54, 1.807) is 0 Å². The highest BCUT2D eigenvalue weighted by molar-refractivity contribution is 7.89. The molecule has 0 fully saturated rings. The molecule has 0 aliphatic rings. The second kappa shape index (κ2) is 5.90. The molecule has 0 heterocycles. The topological polar surface area (TPSA) is 98.5 Å². The lowest BCUT2D eigenvalue weighted by Gasteiger charge is -2.01. The van der Waals surface area contributed by atoms with Crippen LogP contribution in [0.3, 0.4) is 0 Å². The fourth-order valence-corrected chi connectivity index (χ4v) is 1.06.